The third-order valence-corrected chi connectivity index (χ3v) is 8.65. The number of anilines is 1. The number of para-hydroxylation sites is 3. The normalized spacial score (nSPS) is 28.1. The number of benzene rings is 3. The maximum atomic E-state index is 14.3. The third kappa shape index (κ3) is 2.14. The summed E-state index contributed by atoms with van der Waals surface area (Å²) in [7, 11) is 0. The van der Waals surface area contributed by atoms with Crippen molar-refractivity contribution in [3.8, 4) is 5.69 Å². The second kappa shape index (κ2) is 6.77. The lowest BCUT2D eigenvalue weighted by molar-refractivity contribution is -0.124. The molecule has 176 valence electrons. The summed E-state index contributed by atoms with van der Waals surface area (Å²) in [6, 6.07) is 24.3. The second-order valence-electron chi connectivity index (χ2n) is 10.1. The summed E-state index contributed by atoms with van der Waals surface area (Å²) in [5, 5.41) is 0.542. The Morgan fingerprint density at radius 3 is 2.44 bits per heavy atom. The standard InChI is InChI=1S/C29H22N4O3/c34-25-18-11-4-6-13-20(18)30-28-29(19-12-5-7-14-21(19)33(25)28)24-23(22-15-8-16-31(22)29)26(35)32(27(24)36)17-9-2-1-3-10-17/h1-7,9-14,22-24H,8,15-16H2/t22-,23+,24-,29+/m1/s1. The van der Waals surface area contributed by atoms with Gasteiger partial charge in [-0.25, -0.2) is 9.88 Å². The topological polar surface area (TPSA) is 75.5 Å². The molecular weight excluding hydrogens is 452 g/mol. The minimum atomic E-state index is -0.970. The molecule has 4 atom stereocenters. The molecule has 7 nitrogen and oxygen atoms in total. The van der Waals surface area contributed by atoms with Crippen LogP contribution in [-0.2, 0) is 15.1 Å². The molecule has 0 unspecified atom stereocenters. The Labute approximate surface area is 206 Å². The minimum absolute atomic E-state index is 0.0804. The number of imide groups is 1. The van der Waals surface area contributed by atoms with Crippen molar-refractivity contribution < 1.29 is 9.59 Å². The van der Waals surface area contributed by atoms with E-state index in [1.807, 2.05) is 72.8 Å². The Bertz CT molecular complexity index is 1680. The molecule has 3 aromatic carbocycles. The molecule has 0 aliphatic carbocycles. The molecule has 4 aliphatic heterocycles. The lowest BCUT2D eigenvalue weighted by Crippen LogP contribution is -2.51. The van der Waals surface area contributed by atoms with Gasteiger partial charge in [-0.3, -0.25) is 23.9 Å². The molecule has 4 aliphatic rings. The van der Waals surface area contributed by atoms with Crippen LogP contribution in [0.25, 0.3) is 16.6 Å². The zero-order valence-corrected chi connectivity index (χ0v) is 19.4. The summed E-state index contributed by atoms with van der Waals surface area (Å²) in [5.74, 6) is -0.940. The number of aromatic nitrogens is 2. The first-order valence-corrected chi connectivity index (χ1v) is 12.5. The molecule has 8 rings (SSSR count). The molecule has 1 aromatic heterocycles. The Morgan fingerprint density at radius 2 is 1.58 bits per heavy atom. The summed E-state index contributed by atoms with van der Waals surface area (Å²) in [6.07, 6.45) is 1.77. The van der Waals surface area contributed by atoms with Crippen LogP contribution in [0.3, 0.4) is 0 Å². The van der Waals surface area contributed by atoms with Crippen LogP contribution in [-0.4, -0.2) is 38.9 Å². The van der Waals surface area contributed by atoms with E-state index in [9.17, 15) is 14.4 Å². The zero-order chi connectivity index (χ0) is 24.2. The molecule has 0 radical (unpaired) electrons. The summed E-state index contributed by atoms with van der Waals surface area (Å²) in [6.45, 7) is 0.751. The molecule has 3 fully saturated rings. The van der Waals surface area contributed by atoms with Crippen molar-refractivity contribution in [2.75, 3.05) is 11.4 Å². The minimum Gasteiger partial charge on any atom is -0.283 e. The van der Waals surface area contributed by atoms with Crippen LogP contribution in [0.2, 0.25) is 0 Å². The fourth-order valence-electron chi connectivity index (χ4n) is 7.45. The SMILES string of the molecule is O=C1[C@H]2[C@H]3CCCN3[C@@]3(c4ccccc4-n4c3nc3ccccc3c4=O)[C@H]2C(=O)N1c1ccccc1. The monoisotopic (exact) mass is 474 g/mol. The lowest BCUT2D eigenvalue weighted by atomic mass is 9.75. The van der Waals surface area contributed by atoms with Crippen LogP contribution < -0.4 is 10.5 Å². The average molecular weight is 475 g/mol. The molecule has 5 heterocycles. The Morgan fingerprint density at radius 1 is 0.833 bits per heavy atom. The Hall–Kier alpha value is -4.10. The zero-order valence-electron chi connectivity index (χ0n) is 19.4. The van der Waals surface area contributed by atoms with Crippen LogP contribution in [0.5, 0.6) is 0 Å². The van der Waals surface area contributed by atoms with Gasteiger partial charge in [-0.05, 0) is 49.7 Å². The summed E-state index contributed by atoms with van der Waals surface area (Å²) >= 11 is 0. The predicted octanol–water partition coefficient (Wildman–Crippen LogP) is 3.23. The summed E-state index contributed by atoms with van der Waals surface area (Å²) < 4.78 is 1.69. The van der Waals surface area contributed by atoms with E-state index in [2.05, 4.69) is 4.90 Å². The maximum absolute atomic E-state index is 14.3. The summed E-state index contributed by atoms with van der Waals surface area (Å²) in [4.78, 5) is 51.0. The van der Waals surface area contributed by atoms with Crippen molar-refractivity contribution in [2.24, 2.45) is 11.8 Å². The van der Waals surface area contributed by atoms with E-state index in [4.69, 9.17) is 4.98 Å². The van der Waals surface area contributed by atoms with E-state index < -0.39 is 17.4 Å². The van der Waals surface area contributed by atoms with E-state index in [0.29, 0.717) is 22.4 Å². The second-order valence-corrected chi connectivity index (χ2v) is 10.1. The molecule has 3 saturated heterocycles. The highest BCUT2D eigenvalue weighted by molar-refractivity contribution is 6.23. The molecule has 0 saturated carbocycles. The molecule has 0 bridgehead atoms. The first-order chi connectivity index (χ1) is 17.6. The largest absolute Gasteiger partial charge is 0.283 e. The summed E-state index contributed by atoms with van der Waals surface area (Å²) in [5.41, 5.74) is 1.73. The van der Waals surface area contributed by atoms with Gasteiger partial charge < -0.3 is 0 Å². The van der Waals surface area contributed by atoms with E-state index >= 15 is 0 Å². The van der Waals surface area contributed by atoms with E-state index in [1.54, 1.807) is 10.6 Å². The van der Waals surface area contributed by atoms with Crippen molar-refractivity contribution in [1.82, 2.24) is 14.5 Å². The van der Waals surface area contributed by atoms with Crippen LogP contribution >= 0.6 is 0 Å². The quantitative estimate of drug-likeness (QED) is 0.396. The molecule has 1 spiro atoms. The number of hydrogen-bond donors (Lipinski definition) is 0. The van der Waals surface area contributed by atoms with Crippen LogP contribution in [0.4, 0.5) is 5.69 Å². The molecule has 7 heteroatoms. The van der Waals surface area contributed by atoms with Crippen molar-refractivity contribution in [3.63, 3.8) is 0 Å². The smallest absolute Gasteiger partial charge is 0.266 e. The Balaban J connectivity index is 1.47. The number of fused-ring (bicyclic) bond motifs is 11. The first kappa shape index (κ1) is 20.1. The highest BCUT2D eigenvalue weighted by atomic mass is 16.2. The fourth-order valence-corrected chi connectivity index (χ4v) is 7.45. The molecular formula is C29H22N4O3. The van der Waals surface area contributed by atoms with Gasteiger partial charge in [0.15, 0.2) is 0 Å². The van der Waals surface area contributed by atoms with E-state index in [-0.39, 0.29) is 23.4 Å². The molecule has 36 heavy (non-hydrogen) atoms. The first-order valence-electron chi connectivity index (χ1n) is 12.5. The predicted molar refractivity (Wildman–Crippen MR) is 134 cm³/mol. The maximum Gasteiger partial charge on any atom is 0.266 e. The van der Waals surface area contributed by atoms with Gasteiger partial charge in [0.05, 0.1) is 34.1 Å². The number of nitrogens with zero attached hydrogens (tertiary/aromatic N) is 4. The molecule has 0 N–H and O–H groups in total. The van der Waals surface area contributed by atoms with Gasteiger partial charge in [0.1, 0.15) is 11.4 Å². The number of rotatable bonds is 1. The van der Waals surface area contributed by atoms with Crippen LogP contribution in [0.1, 0.15) is 24.2 Å². The highest BCUT2D eigenvalue weighted by Gasteiger charge is 2.73. The van der Waals surface area contributed by atoms with Gasteiger partial charge in [-0.1, -0.05) is 48.5 Å². The number of carbonyl (C=O) groups is 2. The van der Waals surface area contributed by atoms with Crippen molar-refractivity contribution in [3.05, 3.63) is 101 Å². The lowest BCUT2D eigenvalue weighted by Gasteiger charge is -2.38. The third-order valence-electron chi connectivity index (χ3n) is 8.65. The van der Waals surface area contributed by atoms with Crippen molar-refractivity contribution >= 4 is 28.4 Å². The van der Waals surface area contributed by atoms with E-state index in [0.717, 1.165) is 30.6 Å². The van der Waals surface area contributed by atoms with Crippen LogP contribution in [0.15, 0.2) is 83.7 Å². The van der Waals surface area contributed by atoms with Gasteiger partial charge in [-0.15, -0.1) is 0 Å². The van der Waals surface area contributed by atoms with Crippen molar-refractivity contribution in [2.45, 2.75) is 24.4 Å². The van der Waals surface area contributed by atoms with Gasteiger partial charge in [0.25, 0.3) is 5.56 Å². The Kier molecular flexibility index (Phi) is 3.78. The number of amides is 2. The fraction of sp³-hybridized carbons (Fsp3) is 0.241. The van der Waals surface area contributed by atoms with Gasteiger partial charge in [0, 0.05) is 11.6 Å². The van der Waals surface area contributed by atoms with E-state index in [1.165, 1.54) is 4.90 Å². The van der Waals surface area contributed by atoms with Gasteiger partial charge in [-0.2, -0.15) is 0 Å². The van der Waals surface area contributed by atoms with Gasteiger partial charge >= 0.3 is 0 Å². The highest BCUT2D eigenvalue weighted by Crippen LogP contribution is 2.62. The van der Waals surface area contributed by atoms with Gasteiger partial charge in [0.2, 0.25) is 11.8 Å². The number of carbonyl (C=O) groups excluding carboxylic acids is 2. The number of hydrogen-bond acceptors (Lipinski definition) is 5. The van der Waals surface area contributed by atoms with Crippen molar-refractivity contribution in [1.29, 1.82) is 0 Å². The molecule has 2 amide bonds. The average Bonchev–Trinajstić information content (AvgIpc) is 3.62. The molecule has 4 aromatic rings. The van der Waals surface area contributed by atoms with Crippen LogP contribution in [0, 0.1) is 11.8 Å².